The average molecular weight is 794 g/mol. The zero-order chi connectivity index (χ0) is 41.6. The number of rotatable bonds is 8. The second-order valence-electron chi connectivity index (χ2n) is 16.0. The van der Waals surface area contributed by atoms with E-state index in [1.807, 2.05) is 6.20 Å². The van der Waals surface area contributed by atoms with Crippen LogP contribution in [-0.4, -0.2) is 14.5 Å². The smallest absolute Gasteiger partial charge is 0.0979 e. The van der Waals surface area contributed by atoms with Crippen molar-refractivity contribution >= 4 is 60.1 Å². The Bertz CT molecular complexity index is 3520. The standard InChI is InChI=1S/C59H43N3/c1-3-5-18-48(4-2)62-56-24-11-10-21-51(56)52-34-33-47(37-57(52)62)46-17-13-16-45(36-46)44-15-12-14-43(35-44)41-27-25-39(26-28-41)40-29-31-42(32-30-40)55-38-60-58-53-22-8-6-19-49(53)50-20-7-9-23-54(50)59(58)61-55/h4-38H,3H2,1-2H3/b18-5-,48-4+. The summed E-state index contributed by atoms with van der Waals surface area (Å²) in [7, 11) is 0. The lowest BCUT2D eigenvalue weighted by atomic mass is 9.95. The van der Waals surface area contributed by atoms with Crippen molar-refractivity contribution in [1.82, 2.24) is 14.5 Å². The van der Waals surface area contributed by atoms with Crippen LogP contribution >= 0.6 is 0 Å². The van der Waals surface area contributed by atoms with Crippen LogP contribution in [0, 0.1) is 0 Å². The van der Waals surface area contributed by atoms with Crippen LogP contribution in [0.15, 0.2) is 212 Å². The van der Waals surface area contributed by atoms with Crippen LogP contribution in [0.4, 0.5) is 0 Å². The van der Waals surface area contributed by atoms with Gasteiger partial charge < -0.3 is 4.57 Å². The number of para-hydroxylation sites is 1. The highest BCUT2D eigenvalue weighted by molar-refractivity contribution is 6.23. The van der Waals surface area contributed by atoms with Crippen LogP contribution < -0.4 is 0 Å². The first kappa shape index (κ1) is 37.1. The number of fused-ring (bicyclic) bond motifs is 9. The number of nitrogens with zero attached hydrogens (tertiary/aromatic N) is 3. The van der Waals surface area contributed by atoms with Gasteiger partial charge in [0, 0.05) is 32.8 Å². The molecule has 0 N–H and O–H groups in total. The van der Waals surface area contributed by atoms with E-state index in [-0.39, 0.29) is 0 Å². The molecule has 3 nitrogen and oxygen atoms in total. The van der Waals surface area contributed by atoms with Crippen LogP contribution in [0.5, 0.6) is 0 Å². The maximum absolute atomic E-state index is 5.19. The summed E-state index contributed by atoms with van der Waals surface area (Å²) in [6.07, 6.45) is 9.58. The number of benzene rings is 9. The summed E-state index contributed by atoms with van der Waals surface area (Å²) in [5.41, 5.74) is 16.9. The van der Waals surface area contributed by atoms with Crippen LogP contribution in [0.2, 0.25) is 0 Å². The Morgan fingerprint density at radius 3 is 1.50 bits per heavy atom. The topological polar surface area (TPSA) is 30.7 Å². The molecule has 0 unspecified atom stereocenters. The summed E-state index contributed by atoms with van der Waals surface area (Å²) in [5, 5.41) is 7.19. The van der Waals surface area contributed by atoms with E-state index in [0.717, 1.165) is 45.0 Å². The van der Waals surface area contributed by atoms with Crippen molar-refractivity contribution < 1.29 is 0 Å². The molecule has 62 heavy (non-hydrogen) atoms. The highest BCUT2D eigenvalue weighted by Gasteiger charge is 2.15. The van der Waals surface area contributed by atoms with Gasteiger partial charge in [-0.05, 0) is 99.0 Å². The van der Waals surface area contributed by atoms with Gasteiger partial charge >= 0.3 is 0 Å². The number of aromatic nitrogens is 3. The molecular weight excluding hydrogens is 751 g/mol. The lowest BCUT2D eigenvalue weighted by Gasteiger charge is -2.11. The van der Waals surface area contributed by atoms with Crippen molar-refractivity contribution in [3.63, 3.8) is 0 Å². The minimum Gasteiger partial charge on any atom is -0.310 e. The monoisotopic (exact) mass is 793 g/mol. The fraction of sp³-hybridized carbons (Fsp3) is 0.0508. The lowest BCUT2D eigenvalue weighted by molar-refractivity contribution is 1.19. The van der Waals surface area contributed by atoms with Crippen molar-refractivity contribution in [1.29, 1.82) is 0 Å². The third-order valence-electron chi connectivity index (χ3n) is 12.3. The Kier molecular flexibility index (Phi) is 9.36. The zero-order valence-corrected chi connectivity index (χ0v) is 34.8. The van der Waals surface area contributed by atoms with Gasteiger partial charge in [-0.2, -0.15) is 0 Å². The van der Waals surface area contributed by atoms with Crippen molar-refractivity contribution in [2.45, 2.75) is 20.3 Å². The van der Waals surface area contributed by atoms with Gasteiger partial charge in [0.1, 0.15) is 0 Å². The van der Waals surface area contributed by atoms with Crippen molar-refractivity contribution in [2.75, 3.05) is 0 Å². The fourth-order valence-electron chi connectivity index (χ4n) is 9.17. The molecule has 0 aliphatic heterocycles. The summed E-state index contributed by atoms with van der Waals surface area (Å²) < 4.78 is 2.40. The summed E-state index contributed by atoms with van der Waals surface area (Å²) in [6, 6.07) is 68.0. The maximum atomic E-state index is 5.19. The third-order valence-corrected chi connectivity index (χ3v) is 12.3. The normalized spacial score (nSPS) is 12.1. The Morgan fingerprint density at radius 1 is 0.435 bits per heavy atom. The Morgan fingerprint density at radius 2 is 0.903 bits per heavy atom. The van der Waals surface area contributed by atoms with Crippen LogP contribution in [0.25, 0.3) is 116 Å². The molecule has 0 saturated heterocycles. The minimum absolute atomic E-state index is 0.869. The first-order valence-corrected chi connectivity index (χ1v) is 21.5. The maximum Gasteiger partial charge on any atom is 0.0979 e. The SMILES string of the molecule is C/C=C(\C=C/CC)n1c2ccccc2c2ccc(-c3cccc(-c4cccc(-c5ccc(-c6ccc(-c7cnc8c9ccccc9c9ccccc9c8n7)cc6)cc5)c4)c3)cc21. The number of hydrogen-bond acceptors (Lipinski definition) is 2. The predicted molar refractivity (Wildman–Crippen MR) is 264 cm³/mol. The largest absolute Gasteiger partial charge is 0.310 e. The van der Waals surface area contributed by atoms with Gasteiger partial charge in [-0.25, -0.2) is 4.98 Å². The van der Waals surface area contributed by atoms with Gasteiger partial charge in [0.05, 0.1) is 34.0 Å². The molecule has 11 aromatic rings. The van der Waals surface area contributed by atoms with E-state index in [1.54, 1.807) is 0 Å². The van der Waals surface area contributed by atoms with E-state index in [4.69, 9.17) is 9.97 Å². The quantitative estimate of drug-likeness (QED) is 0.113. The molecule has 2 heterocycles. The van der Waals surface area contributed by atoms with E-state index in [9.17, 15) is 0 Å². The first-order chi connectivity index (χ1) is 30.6. The predicted octanol–water partition coefficient (Wildman–Crippen LogP) is 16.2. The molecule has 0 atom stereocenters. The molecule has 0 amide bonds. The molecule has 0 bridgehead atoms. The Hall–Kier alpha value is -7.88. The van der Waals surface area contributed by atoms with E-state index in [0.29, 0.717) is 0 Å². The summed E-state index contributed by atoms with van der Waals surface area (Å²) in [4.78, 5) is 10.2. The van der Waals surface area contributed by atoms with Gasteiger partial charge in [-0.1, -0.05) is 183 Å². The van der Waals surface area contributed by atoms with Gasteiger partial charge in [-0.15, -0.1) is 0 Å². The molecule has 2 aromatic heterocycles. The molecule has 3 heteroatoms. The van der Waals surface area contributed by atoms with Gasteiger partial charge in [0.15, 0.2) is 0 Å². The molecule has 0 aliphatic carbocycles. The van der Waals surface area contributed by atoms with E-state index in [2.05, 4.69) is 225 Å². The first-order valence-electron chi connectivity index (χ1n) is 21.5. The molecule has 0 radical (unpaired) electrons. The Balaban J connectivity index is 0.864. The van der Waals surface area contributed by atoms with Gasteiger partial charge in [-0.3, -0.25) is 4.98 Å². The van der Waals surface area contributed by atoms with Gasteiger partial charge in [0.25, 0.3) is 0 Å². The second kappa shape index (κ2) is 15.6. The molecular formula is C59H43N3. The molecule has 0 aliphatic rings. The van der Waals surface area contributed by atoms with E-state index < -0.39 is 0 Å². The number of hydrogen-bond donors (Lipinski definition) is 0. The lowest BCUT2D eigenvalue weighted by Crippen LogP contribution is -1.94. The molecule has 11 rings (SSSR count). The van der Waals surface area contributed by atoms with Gasteiger partial charge in [0.2, 0.25) is 0 Å². The fourth-order valence-corrected chi connectivity index (χ4v) is 9.17. The van der Waals surface area contributed by atoms with E-state index >= 15 is 0 Å². The highest BCUT2D eigenvalue weighted by Crippen LogP contribution is 2.38. The van der Waals surface area contributed by atoms with Crippen LogP contribution in [0.1, 0.15) is 20.3 Å². The summed E-state index contributed by atoms with van der Waals surface area (Å²) in [6.45, 7) is 4.30. The van der Waals surface area contributed by atoms with Crippen molar-refractivity contribution in [3.8, 4) is 55.8 Å². The van der Waals surface area contributed by atoms with Crippen LogP contribution in [0.3, 0.4) is 0 Å². The molecule has 9 aromatic carbocycles. The summed E-state index contributed by atoms with van der Waals surface area (Å²) in [5.74, 6) is 0. The third kappa shape index (κ3) is 6.47. The average Bonchev–Trinajstić information content (AvgIpc) is 3.68. The molecule has 0 spiro atoms. The van der Waals surface area contributed by atoms with Crippen molar-refractivity contribution in [2.24, 2.45) is 0 Å². The minimum atomic E-state index is 0.869. The summed E-state index contributed by atoms with van der Waals surface area (Å²) >= 11 is 0. The second-order valence-corrected chi connectivity index (χ2v) is 16.0. The number of allylic oxidation sites excluding steroid dienone is 4. The van der Waals surface area contributed by atoms with E-state index in [1.165, 1.54) is 77.2 Å². The van der Waals surface area contributed by atoms with Crippen LogP contribution in [-0.2, 0) is 0 Å². The molecule has 0 saturated carbocycles. The zero-order valence-electron chi connectivity index (χ0n) is 34.8. The Labute approximate surface area is 361 Å². The van der Waals surface area contributed by atoms with Crippen molar-refractivity contribution in [3.05, 3.63) is 212 Å². The molecule has 0 fully saturated rings. The highest BCUT2D eigenvalue weighted by atomic mass is 15.0. The molecule has 294 valence electrons.